The predicted molar refractivity (Wildman–Crippen MR) is 82.3 cm³/mol. The third kappa shape index (κ3) is 2.75. The first kappa shape index (κ1) is 14.0. The number of halogens is 2. The summed E-state index contributed by atoms with van der Waals surface area (Å²) in [7, 11) is 0. The Morgan fingerprint density at radius 1 is 1.33 bits per heavy atom. The van der Waals surface area contributed by atoms with Crippen molar-refractivity contribution in [3.8, 4) is 10.7 Å². The molecule has 0 aliphatic heterocycles. The average molecular weight is 392 g/mol. The van der Waals surface area contributed by atoms with E-state index in [9.17, 15) is 4.79 Å². The molecule has 0 aliphatic rings. The maximum absolute atomic E-state index is 11.9. The fourth-order valence-corrected chi connectivity index (χ4v) is 3.66. The van der Waals surface area contributed by atoms with Gasteiger partial charge in [-0.2, -0.15) is 0 Å². The molecule has 18 heavy (non-hydrogen) atoms. The van der Waals surface area contributed by atoms with Crippen molar-refractivity contribution < 1.29 is 0 Å². The second-order valence-electron chi connectivity index (χ2n) is 4.96. The molecule has 0 amide bonds. The van der Waals surface area contributed by atoms with Crippen molar-refractivity contribution in [1.82, 2.24) is 9.97 Å². The topological polar surface area (TPSA) is 45.8 Å². The quantitative estimate of drug-likeness (QED) is 0.786. The maximum atomic E-state index is 11.9. The number of nitrogens with zero attached hydrogens (tertiary/aromatic N) is 1. The van der Waals surface area contributed by atoms with E-state index < -0.39 is 0 Å². The molecule has 96 valence electrons. The highest BCUT2D eigenvalue weighted by Crippen LogP contribution is 2.30. The smallest absolute Gasteiger partial charge is 0.265 e. The van der Waals surface area contributed by atoms with Crippen LogP contribution in [0.1, 0.15) is 26.5 Å². The van der Waals surface area contributed by atoms with Gasteiger partial charge in [0, 0.05) is 15.3 Å². The molecule has 0 radical (unpaired) electrons. The van der Waals surface area contributed by atoms with Crippen LogP contribution in [0.2, 0.25) is 0 Å². The molecular formula is C12H12Br2N2OS. The summed E-state index contributed by atoms with van der Waals surface area (Å²) < 4.78 is 1.50. The second kappa shape index (κ2) is 4.90. The minimum absolute atomic E-state index is 0.144. The van der Waals surface area contributed by atoms with E-state index in [4.69, 9.17) is 0 Å². The molecule has 0 unspecified atom stereocenters. The zero-order chi connectivity index (χ0) is 13.5. The van der Waals surface area contributed by atoms with Crippen LogP contribution in [-0.4, -0.2) is 9.97 Å². The Hall–Kier alpha value is -0.460. The van der Waals surface area contributed by atoms with Gasteiger partial charge in [0.25, 0.3) is 5.56 Å². The average Bonchev–Trinajstić information content (AvgIpc) is 2.67. The Kier molecular flexibility index (Phi) is 3.80. The molecule has 0 atom stereocenters. The highest BCUT2D eigenvalue weighted by atomic mass is 79.9. The zero-order valence-electron chi connectivity index (χ0n) is 10.2. The van der Waals surface area contributed by atoms with Crippen LogP contribution in [-0.2, 0) is 5.41 Å². The zero-order valence-corrected chi connectivity index (χ0v) is 14.2. The summed E-state index contributed by atoms with van der Waals surface area (Å²) >= 11 is 8.26. The number of hydrogen-bond acceptors (Lipinski definition) is 3. The van der Waals surface area contributed by atoms with Gasteiger partial charge in [-0.1, -0.05) is 20.8 Å². The molecule has 0 spiro atoms. The Morgan fingerprint density at radius 2 is 2.00 bits per heavy atom. The summed E-state index contributed by atoms with van der Waals surface area (Å²) in [5, 5.41) is 1.97. The maximum Gasteiger partial charge on any atom is 0.265 e. The SMILES string of the molecule is CC(C)(C)c1nc(-c2cc(Br)cs2)[nH]c(=O)c1Br. The first-order chi connectivity index (χ1) is 8.29. The van der Waals surface area contributed by atoms with E-state index in [1.54, 1.807) is 11.3 Å². The molecule has 0 fully saturated rings. The number of aromatic amines is 1. The molecule has 2 aromatic heterocycles. The molecule has 1 N–H and O–H groups in total. The molecule has 3 nitrogen and oxygen atoms in total. The van der Waals surface area contributed by atoms with E-state index in [1.807, 2.05) is 32.2 Å². The molecule has 0 saturated heterocycles. The molecule has 6 heteroatoms. The Bertz CT molecular complexity index is 640. The van der Waals surface area contributed by atoms with Crippen LogP contribution in [0.4, 0.5) is 0 Å². The Balaban J connectivity index is 2.65. The second-order valence-corrected chi connectivity index (χ2v) is 7.58. The fourth-order valence-electron chi connectivity index (χ4n) is 1.51. The van der Waals surface area contributed by atoms with E-state index >= 15 is 0 Å². The van der Waals surface area contributed by atoms with Crippen LogP contribution in [0.3, 0.4) is 0 Å². The molecular weight excluding hydrogens is 380 g/mol. The summed E-state index contributed by atoms with van der Waals surface area (Å²) in [5.41, 5.74) is 0.441. The lowest BCUT2D eigenvalue weighted by atomic mass is 9.92. The first-order valence-corrected chi connectivity index (χ1v) is 7.80. The molecule has 0 aromatic carbocycles. The van der Waals surface area contributed by atoms with Crippen molar-refractivity contribution in [1.29, 1.82) is 0 Å². The lowest BCUT2D eigenvalue weighted by Crippen LogP contribution is -2.22. The number of H-pyrrole nitrogens is 1. The largest absolute Gasteiger partial charge is 0.305 e. The van der Waals surface area contributed by atoms with E-state index in [1.165, 1.54) is 0 Å². The monoisotopic (exact) mass is 390 g/mol. The molecule has 2 aromatic rings. The van der Waals surface area contributed by atoms with Crippen LogP contribution in [0, 0.1) is 0 Å². The highest BCUT2D eigenvalue weighted by molar-refractivity contribution is 9.10. The van der Waals surface area contributed by atoms with Gasteiger partial charge in [-0.3, -0.25) is 4.79 Å². The van der Waals surface area contributed by atoms with Gasteiger partial charge < -0.3 is 4.98 Å². The van der Waals surface area contributed by atoms with Crippen molar-refractivity contribution in [2.24, 2.45) is 0 Å². The summed E-state index contributed by atoms with van der Waals surface area (Å²) in [5.74, 6) is 0.615. The van der Waals surface area contributed by atoms with Crippen molar-refractivity contribution >= 4 is 43.2 Å². The fraction of sp³-hybridized carbons (Fsp3) is 0.333. The van der Waals surface area contributed by atoms with E-state index in [-0.39, 0.29) is 11.0 Å². The molecule has 0 aliphatic carbocycles. The third-order valence-electron chi connectivity index (χ3n) is 2.37. The van der Waals surface area contributed by atoms with Gasteiger partial charge in [0.2, 0.25) is 0 Å². The molecule has 0 saturated carbocycles. The van der Waals surface area contributed by atoms with Gasteiger partial charge in [-0.25, -0.2) is 4.98 Å². The predicted octanol–water partition coefficient (Wildman–Crippen LogP) is 4.32. The van der Waals surface area contributed by atoms with E-state index in [0.29, 0.717) is 10.3 Å². The molecule has 0 bridgehead atoms. The summed E-state index contributed by atoms with van der Waals surface area (Å²) in [6, 6.07) is 1.95. The van der Waals surface area contributed by atoms with Crippen molar-refractivity contribution in [2.45, 2.75) is 26.2 Å². The number of hydrogen-bond donors (Lipinski definition) is 1. The van der Waals surface area contributed by atoms with Gasteiger partial charge in [0.05, 0.1) is 10.6 Å². The van der Waals surface area contributed by atoms with Crippen LogP contribution in [0.15, 0.2) is 25.2 Å². The van der Waals surface area contributed by atoms with Gasteiger partial charge in [0.15, 0.2) is 5.82 Å². The molecule has 2 rings (SSSR count). The highest BCUT2D eigenvalue weighted by Gasteiger charge is 2.22. The van der Waals surface area contributed by atoms with Gasteiger partial charge in [0.1, 0.15) is 4.47 Å². The van der Waals surface area contributed by atoms with Crippen LogP contribution < -0.4 is 5.56 Å². The standard InChI is InChI=1S/C12H12Br2N2OS/c1-12(2,3)9-8(14)11(17)16-10(15-9)7-4-6(13)5-18-7/h4-5H,1-3H3,(H,15,16,17). The number of rotatable bonds is 1. The minimum atomic E-state index is -0.184. The van der Waals surface area contributed by atoms with Gasteiger partial charge in [-0.05, 0) is 37.9 Å². The third-order valence-corrected chi connectivity index (χ3v) is 4.81. The Labute approximate surface area is 126 Å². The number of nitrogens with one attached hydrogen (secondary N) is 1. The minimum Gasteiger partial charge on any atom is -0.305 e. The van der Waals surface area contributed by atoms with Gasteiger partial charge >= 0.3 is 0 Å². The Morgan fingerprint density at radius 3 is 2.50 bits per heavy atom. The van der Waals surface area contributed by atoms with E-state index in [2.05, 4.69) is 41.8 Å². The normalized spacial score (nSPS) is 11.8. The summed E-state index contributed by atoms with van der Waals surface area (Å²) in [4.78, 5) is 20.2. The van der Waals surface area contributed by atoms with Crippen molar-refractivity contribution in [3.05, 3.63) is 36.4 Å². The number of thiophene rings is 1. The summed E-state index contributed by atoms with van der Waals surface area (Å²) in [6.07, 6.45) is 0. The lowest BCUT2D eigenvalue weighted by Gasteiger charge is -2.19. The number of aromatic nitrogens is 2. The van der Waals surface area contributed by atoms with Crippen molar-refractivity contribution in [3.63, 3.8) is 0 Å². The molecule has 2 heterocycles. The van der Waals surface area contributed by atoms with Gasteiger partial charge in [-0.15, -0.1) is 11.3 Å². The van der Waals surface area contributed by atoms with Crippen LogP contribution in [0.5, 0.6) is 0 Å². The van der Waals surface area contributed by atoms with Crippen LogP contribution >= 0.6 is 43.2 Å². The lowest BCUT2D eigenvalue weighted by molar-refractivity contribution is 0.562. The first-order valence-electron chi connectivity index (χ1n) is 5.34. The van der Waals surface area contributed by atoms with E-state index in [0.717, 1.165) is 15.0 Å². The van der Waals surface area contributed by atoms with Crippen molar-refractivity contribution in [2.75, 3.05) is 0 Å². The summed E-state index contributed by atoms with van der Waals surface area (Å²) in [6.45, 7) is 6.11. The van der Waals surface area contributed by atoms with Crippen LogP contribution in [0.25, 0.3) is 10.7 Å².